The lowest BCUT2D eigenvalue weighted by Crippen LogP contribution is -2.52. The standard InChI is InChI=1S/C21H38N6O.HI/c1-6-22-20(23-16-21(25(3)4)9-7-8-17(2)12-21)27-10-11-28-19(15-27)18-13-24-26(5)14-18;/h13-14,17,19H,6-12,15-16H2,1-5H3,(H,22,23);1H. The molecule has 1 aliphatic carbocycles. The number of halogens is 1. The molecule has 1 aromatic heterocycles. The highest BCUT2D eigenvalue weighted by molar-refractivity contribution is 14.0. The quantitative estimate of drug-likeness (QED) is 0.369. The molecule has 1 aliphatic heterocycles. The first-order valence-corrected chi connectivity index (χ1v) is 10.7. The molecule has 3 unspecified atom stereocenters. The average Bonchev–Trinajstić information content (AvgIpc) is 3.11. The predicted octanol–water partition coefficient (Wildman–Crippen LogP) is 2.89. The molecule has 8 heteroatoms. The lowest BCUT2D eigenvalue weighted by molar-refractivity contribution is -0.00823. The smallest absolute Gasteiger partial charge is 0.194 e. The molecule has 2 fully saturated rings. The molecule has 2 aliphatic rings. The van der Waals surface area contributed by atoms with Crippen LogP contribution in [0, 0.1) is 5.92 Å². The molecule has 1 saturated heterocycles. The number of nitrogens with zero attached hydrogens (tertiary/aromatic N) is 5. The molecule has 0 radical (unpaired) electrons. The topological polar surface area (TPSA) is 57.9 Å². The first-order valence-electron chi connectivity index (χ1n) is 10.7. The predicted molar refractivity (Wildman–Crippen MR) is 129 cm³/mol. The minimum atomic E-state index is 0. The van der Waals surface area contributed by atoms with Crippen LogP contribution in [0.25, 0.3) is 0 Å². The summed E-state index contributed by atoms with van der Waals surface area (Å²) in [4.78, 5) is 9.89. The molecule has 3 rings (SSSR count). The van der Waals surface area contributed by atoms with E-state index in [1.165, 1.54) is 25.7 Å². The van der Waals surface area contributed by atoms with Gasteiger partial charge in [0, 0.05) is 37.4 Å². The average molecular weight is 518 g/mol. The Kier molecular flexibility index (Phi) is 9.21. The van der Waals surface area contributed by atoms with E-state index in [1.807, 2.05) is 24.1 Å². The fourth-order valence-electron chi connectivity index (χ4n) is 4.62. The van der Waals surface area contributed by atoms with Crippen LogP contribution in [0.4, 0.5) is 0 Å². The number of aliphatic imine (C=N–C) groups is 1. The third kappa shape index (κ3) is 6.07. The summed E-state index contributed by atoms with van der Waals surface area (Å²) >= 11 is 0. The fraction of sp³-hybridized carbons (Fsp3) is 0.810. The molecule has 1 aromatic rings. The van der Waals surface area contributed by atoms with E-state index >= 15 is 0 Å². The molecular formula is C21H39IN6O. The maximum Gasteiger partial charge on any atom is 0.194 e. The summed E-state index contributed by atoms with van der Waals surface area (Å²) in [6, 6.07) is 0. The second-order valence-electron chi connectivity index (χ2n) is 8.74. The molecule has 1 saturated carbocycles. The molecule has 0 bridgehead atoms. The van der Waals surface area contributed by atoms with E-state index < -0.39 is 0 Å². The van der Waals surface area contributed by atoms with Crippen molar-refractivity contribution in [3.8, 4) is 0 Å². The van der Waals surface area contributed by atoms with Gasteiger partial charge in [0.05, 0.1) is 25.9 Å². The molecule has 7 nitrogen and oxygen atoms in total. The summed E-state index contributed by atoms with van der Waals surface area (Å²) in [6.45, 7) is 8.63. The van der Waals surface area contributed by atoms with Crippen molar-refractivity contribution in [2.75, 3.05) is 46.9 Å². The third-order valence-electron chi connectivity index (χ3n) is 6.34. The van der Waals surface area contributed by atoms with Crippen LogP contribution in [-0.2, 0) is 11.8 Å². The number of morpholine rings is 1. The zero-order chi connectivity index (χ0) is 20.1. The van der Waals surface area contributed by atoms with E-state index in [4.69, 9.17) is 9.73 Å². The summed E-state index contributed by atoms with van der Waals surface area (Å²) in [5.74, 6) is 1.78. The van der Waals surface area contributed by atoms with E-state index in [9.17, 15) is 0 Å². The van der Waals surface area contributed by atoms with Gasteiger partial charge in [0.15, 0.2) is 5.96 Å². The Hall–Kier alpha value is -0.870. The Balaban J connectivity index is 0.00000300. The van der Waals surface area contributed by atoms with Crippen molar-refractivity contribution in [2.24, 2.45) is 18.0 Å². The van der Waals surface area contributed by atoms with Crippen LogP contribution in [0.15, 0.2) is 17.4 Å². The van der Waals surface area contributed by atoms with E-state index in [-0.39, 0.29) is 35.6 Å². The van der Waals surface area contributed by atoms with Crippen molar-refractivity contribution in [3.63, 3.8) is 0 Å². The summed E-state index contributed by atoms with van der Waals surface area (Å²) in [5.41, 5.74) is 1.31. The normalized spacial score (nSPS) is 28.3. The van der Waals surface area contributed by atoms with Crippen LogP contribution < -0.4 is 5.32 Å². The van der Waals surface area contributed by atoms with Crippen LogP contribution >= 0.6 is 24.0 Å². The molecule has 0 amide bonds. The number of guanidine groups is 1. The number of likely N-dealkylation sites (N-methyl/N-ethyl adjacent to an activating group) is 1. The molecule has 1 N–H and O–H groups in total. The van der Waals surface area contributed by atoms with Crippen LogP contribution in [0.2, 0.25) is 0 Å². The number of aryl methyl sites for hydroxylation is 1. The Bertz CT molecular complexity index is 663. The first kappa shape index (κ1) is 24.4. The Morgan fingerprint density at radius 3 is 2.86 bits per heavy atom. The molecule has 0 aromatic carbocycles. The lowest BCUT2D eigenvalue weighted by atomic mass is 9.75. The maximum atomic E-state index is 6.02. The largest absolute Gasteiger partial charge is 0.370 e. The van der Waals surface area contributed by atoms with Gasteiger partial charge >= 0.3 is 0 Å². The minimum absolute atomic E-state index is 0. The highest BCUT2D eigenvalue weighted by atomic mass is 127. The summed E-state index contributed by atoms with van der Waals surface area (Å²) in [7, 11) is 6.38. The van der Waals surface area contributed by atoms with Crippen LogP contribution in [-0.4, -0.2) is 78.0 Å². The van der Waals surface area contributed by atoms with Gasteiger partial charge in [-0.3, -0.25) is 9.67 Å². The molecule has 0 spiro atoms. The number of hydrogen-bond donors (Lipinski definition) is 1. The van der Waals surface area contributed by atoms with Gasteiger partial charge in [-0.15, -0.1) is 24.0 Å². The highest BCUT2D eigenvalue weighted by Gasteiger charge is 2.37. The monoisotopic (exact) mass is 518 g/mol. The summed E-state index contributed by atoms with van der Waals surface area (Å²) < 4.78 is 7.85. The fourth-order valence-corrected chi connectivity index (χ4v) is 4.62. The molecular weight excluding hydrogens is 479 g/mol. The zero-order valence-corrected chi connectivity index (χ0v) is 21.1. The zero-order valence-electron chi connectivity index (χ0n) is 18.7. The highest BCUT2D eigenvalue weighted by Crippen LogP contribution is 2.36. The summed E-state index contributed by atoms with van der Waals surface area (Å²) in [6.07, 6.45) is 9.09. The van der Waals surface area contributed by atoms with Crippen molar-refractivity contribution in [1.82, 2.24) is 24.9 Å². The van der Waals surface area contributed by atoms with Crippen molar-refractivity contribution >= 4 is 29.9 Å². The molecule has 29 heavy (non-hydrogen) atoms. The second-order valence-corrected chi connectivity index (χ2v) is 8.74. The van der Waals surface area contributed by atoms with Crippen LogP contribution in [0.3, 0.4) is 0 Å². The first-order chi connectivity index (χ1) is 13.4. The van der Waals surface area contributed by atoms with Gasteiger partial charge in [-0.1, -0.05) is 19.8 Å². The van der Waals surface area contributed by atoms with E-state index in [2.05, 4.69) is 48.2 Å². The van der Waals surface area contributed by atoms with E-state index in [0.29, 0.717) is 6.61 Å². The van der Waals surface area contributed by atoms with Gasteiger partial charge in [0.1, 0.15) is 6.10 Å². The van der Waals surface area contributed by atoms with Crippen molar-refractivity contribution < 1.29 is 4.74 Å². The van der Waals surface area contributed by atoms with Crippen molar-refractivity contribution in [2.45, 2.75) is 51.2 Å². The van der Waals surface area contributed by atoms with Crippen LogP contribution in [0.1, 0.15) is 51.2 Å². The molecule has 2 heterocycles. The van der Waals surface area contributed by atoms with Crippen molar-refractivity contribution in [1.29, 1.82) is 0 Å². The Labute approximate surface area is 193 Å². The number of hydrogen-bond acceptors (Lipinski definition) is 4. The molecule has 3 atom stereocenters. The Morgan fingerprint density at radius 2 is 2.24 bits per heavy atom. The van der Waals surface area contributed by atoms with Gasteiger partial charge in [-0.25, -0.2) is 0 Å². The van der Waals surface area contributed by atoms with Gasteiger partial charge < -0.3 is 19.9 Å². The SMILES string of the molecule is CCNC(=NCC1(N(C)C)CCCC(C)C1)N1CCOC(c2cnn(C)c2)C1.I. The lowest BCUT2D eigenvalue weighted by Gasteiger charge is -2.44. The number of aromatic nitrogens is 2. The van der Waals surface area contributed by atoms with Gasteiger partial charge in [0.2, 0.25) is 0 Å². The van der Waals surface area contributed by atoms with Crippen molar-refractivity contribution in [3.05, 3.63) is 18.0 Å². The minimum Gasteiger partial charge on any atom is -0.370 e. The number of ether oxygens (including phenoxy) is 1. The van der Waals surface area contributed by atoms with E-state index in [1.54, 1.807) is 0 Å². The molecule has 166 valence electrons. The van der Waals surface area contributed by atoms with Gasteiger partial charge in [0.25, 0.3) is 0 Å². The summed E-state index contributed by atoms with van der Waals surface area (Å²) in [5, 5.41) is 7.82. The van der Waals surface area contributed by atoms with E-state index in [0.717, 1.165) is 43.6 Å². The number of rotatable bonds is 5. The number of nitrogens with one attached hydrogen (secondary N) is 1. The van der Waals surface area contributed by atoms with Gasteiger partial charge in [-0.05, 0) is 39.8 Å². The van der Waals surface area contributed by atoms with Crippen LogP contribution in [0.5, 0.6) is 0 Å². The third-order valence-corrected chi connectivity index (χ3v) is 6.34. The van der Waals surface area contributed by atoms with Gasteiger partial charge in [-0.2, -0.15) is 5.10 Å². The Morgan fingerprint density at radius 1 is 1.45 bits per heavy atom. The maximum absolute atomic E-state index is 6.02. The second kappa shape index (κ2) is 10.9.